The molecule has 8 atom stereocenters. The lowest BCUT2D eigenvalue weighted by molar-refractivity contribution is -0.189. The van der Waals surface area contributed by atoms with E-state index < -0.39 is 43.9 Å². The summed E-state index contributed by atoms with van der Waals surface area (Å²) in [6, 6.07) is 9.66. The van der Waals surface area contributed by atoms with E-state index >= 15 is 4.39 Å². The molecule has 1 aromatic rings. The van der Waals surface area contributed by atoms with E-state index in [4.69, 9.17) is 11.6 Å². The topological polar surface area (TPSA) is 60.4 Å². The molecule has 0 amide bonds. The van der Waals surface area contributed by atoms with Crippen molar-refractivity contribution < 1.29 is 18.8 Å². The van der Waals surface area contributed by atoms with Gasteiger partial charge in [0, 0.05) is 28.7 Å². The van der Waals surface area contributed by atoms with Crippen LogP contribution in [0.2, 0.25) is 0 Å². The zero-order chi connectivity index (χ0) is 22.9. The highest BCUT2D eigenvalue weighted by Crippen LogP contribution is 2.71. The van der Waals surface area contributed by atoms with E-state index in [2.05, 4.69) is 0 Å². The summed E-state index contributed by atoms with van der Waals surface area (Å²) in [6.45, 7) is 3.83. The van der Waals surface area contributed by atoms with Crippen LogP contribution in [-0.4, -0.2) is 31.4 Å². The van der Waals surface area contributed by atoms with E-state index in [1.165, 1.54) is 6.08 Å². The summed E-state index contributed by atoms with van der Waals surface area (Å²) >= 11 is 5.84. The van der Waals surface area contributed by atoms with Gasteiger partial charge in [0.05, 0.1) is 6.10 Å². The molecule has 1 N–H and O–H groups in total. The highest BCUT2D eigenvalue weighted by molar-refractivity contribution is 7.93. The second kappa shape index (κ2) is 7.43. The maximum Gasteiger partial charge on any atom is 0.204 e. The number of aliphatic hydroxyl groups is 1. The highest BCUT2D eigenvalue weighted by atomic mass is 35.5. The number of aliphatic hydroxyl groups excluding tert-OH is 1. The van der Waals surface area contributed by atoms with Gasteiger partial charge in [0.1, 0.15) is 5.75 Å². The number of alkyl halides is 2. The number of benzene rings is 1. The van der Waals surface area contributed by atoms with Crippen molar-refractivity contribution in [2.45, 2.75) is 67.7 Å². The van der Waals surface area contributed by atoms with Crippen LogP contribution in [0.3, 0.4) is 0 Å². The van der Waals surface area contributed by atoms with Crippen molar-refractivity contribution in [3.63, 3.8) is 0 Å². The van der Waals surface area contributed by atoms with E-state index in [9.17, 15) is 14.5 Å². The van der Waals surface area contributed by atoms with Crippen LogP contribution in [0.1, 0.15) is 51.5 Å². The Balaban J connectivity index is 1.50. The molecule has 0 radical (unpaired) electrons. The minimum absolute atomic E-state index is 0.0717. The van der Waals surface area contributed by atoms with Crippen LogP contribution in [0.25, 0.3) is 0 Å². The Bertz CT molecular complexity index is 998. The van der Waals surface area contributed by atoms with E-state index in [0.717, 1.165) is 11.1 Å². The summed E-state index contributed by atoms with van der Waals surface area (Å²) in [5, 5.41) is 11.4. The van der Waals surface area contributed by atoms with E-state index in [1.54, 1.807) is 12.2 Å². The molecule has 0 aliphatic heterocycles. The van der Waals surface area contributed by atoms with Gasteiger partial charge in [0.15, 0.2) is 11.5 Å². The molecule has 32 heavy (non-hydrogen) atoms. The molecule has 3 nitrogen and oxygen atoms in total. The molecule has 0 bridgehead atoms. The molecule has 0 spiro atoms. The van der Waals surface area contributed by atoms with Crippen molar-refractivity contribution in [3.05, 3.63) is 59.7 Å². The molecule has 3 saturated carbocycles. The lowest BCUT2D eigenvalue weighted by atomic mass is 9.46. The number of ketones is 1. The first-order chi connectivity index (χ1) is 15.1. The Labute approximate surface area is 197 Å². The van der Waals surface area contributed by atoms with Gasteiger partial charge in [0.25, 0.3) is 0 Å². The van der Waals surface area contributed by atoms with Crippen LogP contribution < -0.4 is 0 Å². The SMILES string of the molecule is C[C@]12C=CC(=O)C=C1CC[C@H]1[C@@H]3CC[C@](Cl)([S+]([O-])Cc4ccccc4)[C@@]3(C)C[C@H](O)[C@@]12F. The van der Waals surface area contributed by atoms with Crippen molar-refractivity contribution in [3.8, 4) is 0 Å². The largest absolute Gasteiger partial charge is 0.615 e. The third-order valence-corrected chi connectivity index (χ3v) is 12.3. The van der Waals surface area contributed by atoms with Gasteiger partial charge in [0.2, 0.25) is 4.21 Å². The summed E-state index contributed by atoms with van der Waals surface area (Å²) in [6.07, 6.45) is 6.00. The van der Waals surface area contributed by atoms with Crippen LogP contribution >= 0.6 is 11.6 Å². The standard InChI is InChI=1S/C26H30ClFO3S/c1-23-12-10-19(29)14-18(23)8-9-21-20-11-13-25(27,24(20,2)15-22(30)26(21,23)28)32(31)16-17-6-4-3-5-7-17/h3-7,10,12,14,20-22,30H,8-9,11,13,15-16H2,1-2H3/t20-,21-,22-,23-,24-,25-,26-,32?/m0/s1. The summed E-state index contributed by atoms with van der Waals surface area (Å²) in [5.74, 6) is -0.237. The van der Waals surface area contributed by atoms with Gasteiger partial charge in [-0.05, 0) is 61.9 Å². The average Bonchev–Trinajstić information content (AvgIpc) is 3.02. The third kappa shape index (κ3) is 2.84. The van der Waals surface area contributed by atoms with Gasteiger partial charge in [-0.1, -0.05) is 60.5 Å². The molecule has 1 aromatic carbocycles. The maximum atomic E-state index is 17.1. The molecule has 0 saturated heterocycles. The molecule has 172 valence electrons. The fourth-order valence-electron chi connectivity index (χ4n) is 7.36. The highest BCUT2D eigenvalue weighted by Gasteiger charge is 2.75. The Kier molecular flexibility index (Phi) is 5.26. The van der Waals surface area contributed by atoms with Gasteiger partial charge in [-0.2, -0.15) is 0 Å². The molecule has 0 heterocycles. The Hall–Kier alpha value is -1.14. The van der Waals surface area contributed by atoms with Crippen molar-refractivity contribution in [1.29, 1.82) is 0 Å². The molecular formula is C26H30ClFO3S. The Morgan fingerprint density at radius 1 is 1.22 bits per heavy atom. The number of hydrogen-bond donors (Lipinski definition) is 1. The van der Waals surface area contributed by atoms with Crippen LogP contribution in [0.15, 0.2) is 54.1 Å². The molecule has 3 fully saturated rings. The van der Waals surface area contributed by atoms with E-state index in [-0.39, 0.29) is 18.1 Å². The molecule has 6 heteroatoms. The van der Waals surface area contributed by atoms with Crippen molar-refractivity contribution in [2.24, 2.45) is 22.7 Å². The molecule has 1 unspecified atom stereocenters. The summed E-state index contributed by atoms with van der Waals surface area (Å²) in [5.41, 5.74) is -1.78. The number of fused-ring (bicyclic) bond motifs is 5. The number of hydrogen-bond acceptors (Lipinski definition) is 3. The van der Waals surface area contributed by atoms with Crippen molar-refractivity contribution in [1.82, 2.24) is 0 Å². The first-order valence-electron chi connectivity index (χ1n) is 11.5. The third-order valence-electron chi connectivity index (χ3n) is 9.16. The smallest absolute Gasteiger partial charge is 0.204 e. The lowest BCUT2D eigenvalue weighted by Gasteiger charge is -2.62. The zero-order valence-electron chi connectivity index (χ0n) is 18.5. The lowest BCUT2D eigenvalue weighted by Crippen LogP contribution is -2.68. The van der Waals surface area contributed by atoms with Crippen LogP contribution in [0.5, 0.6) is 0 Å². The van der Waals surface area contributed by atoms with E-state index in [1.807, 2.05) is 44.2 Å². The van der Waals surface area contributed by atoms with Gasteiger partial charge in [-0.15, -0.1) is 0 Å². The number of rotatable bonds is 3. The Morgan fingerprint density at radius 3 is 2.66 bits per heavy atom. The predicted octanol–water partition coefficient (Wildman–Crippen LogP) is 5.24. The molecular weight excluding hydrogens is 447 g/mol. The van der Waals surface area contributed by atoms with Gasteiger partial charge >= 0.3 is 0 Å². The quantitative estimate of drug-likeness (QED) is 0.479. The number of carbonyl (C=O) groups is 1. The summed E-state index contributed by atoms with van der Waals surface area (Å²) in [4.78, 5) is 12.0. The molecule has 5 rings (SSSR count). The average molecular weight is 477 g/mol. The maximum absolute atomic E-state index is 17.1. The monoisotopic (exact) mass is 476 g/mol. The predicted molar refractivity (Wildman–Crippen MR) is 125 cm³/mol. The fourth-order valence-corrected chi connectivity index (χ4v) is 9.67. The Morgan fingerprint density at radius 2 is 1.94 bits per heavy atom. The van der Waals surface area contributed by atoms with E-state index in [0.29, 0.717) is 31.4 Å². The van der Waals surface area contributed by atoms with Crippen LogP contribution in [-0.2, 0) is 21.7 Å². The van der Waals surface area contributed by atoms with Crippen LogP contribution in [0, 0.1) is 22.7 Å². The normalized spacial score (nSPS) is 46.1. The summed E-state index contributed by atoms with van der Waals surface area (Å²) < 4.78 is 29.7. The van der Waals surface area contributed by atoms with Gasteiger partial charge < -0.3 is 9.66 Å². The zero-order valence-corrected chi connectivity index (χ0v) is 20.1. The molecule has 4 aliphatic carbocycles. The second-order valence-corrected chi connectivity index (χ2v) is 13.1. The van der Waals surface area contributed by atoms with Gasteiger partial charge in [-0.3, -0.25) is 4.79 Å². The minimum Gasteiger partial charge on any atom is -0.615 e. The number of halogens is 2. The van der Waals surface area contributed by atoms with Crippen molar-refractivity contribution >= 4 is 28.6 Å². The first kappa shape index (κ1) is 22.6. The molecule has 4 aliphatic rings. The summed E-state index contributed by atoms with van der Waals surface area (Å²) in [7, 11) is 0. The van der Waals surface area contributed by atoms with Gasteiger partial charge in [-0.25, -0.2) is 4.39 Å². The number of allylic oxidation sites excluding steroid dienone is 4. The fraction of sp³-hybridized carbons (Fsp3) is 0.577. The molecule has 0 aromatic heterocycles. The first-order valence-corrected chi connectivity index (χ1v) is 13.2. The van der Waals surface area contributed by atoms with Crippen molar-refractivity contribution in [2.75, 3.05) is 0 Å². The number of carbonyl (C=O) groups excluding carboxylic acids is 1. The van der Waals surface area contributed by atoms with Crippen LogP contribution in [0.4, 0.5) is 4.39 Å². The minimum atomic E-state index is -1.87. The second-order valence-electron chi connectivity index (χ2n) is 10.5.